The van der Waals surface area contributed by atoms with Gasteiger partial charge in [-0.05, 0) is 29.8 Å². The van der Waals surface area contributed by atoms with Crippen LogP contribution in [-0.2, 0) is 0 Å². The summed E-state index contributed by atoms with van der Waals surface area (Å²) >= 11 is 5.85. The molecule has 0 amide bonds. The molecule has 4 rings (SSSR count). The van der Waals surface area contributed by atoms with E-state index in [-0.39, 0.29) is 5.56 Å². The van der Waals surface area contributed by atoms with Gasteiger partial charge in [-0.2, -0.15) is 14.9 Å². The third-order valence-electron chi connectivity index (χ3n) is 3.67. The number of rotatable bonds is 3. The summed E-state index contributed by atoms with van der Waals surface area (Å²) in [7, 11) is 0. The van der Waals surface area contributed by atoms with Crippen molar-refractivity contribution < 1.29 is 0 Å². The SMILES string of the molecule is O=c1c2cnn(-c3ccccc3)c2ncn1/N=C\c1ccc(Cl)cc1. The van der Waals surface area contributed by atoms with Crippen molar-refractivity contribution in [3.8, 4) is 5.69 Å². The molecule has 122 valence electrons. The van der Waals surface area contributed by atoms with Gasteiger partial charge >= 0.3 is 0 Å². The highest BCUT2D eigenvalue weighted by Crippen LogP contribution is 2.13. The lowest BCUT2D eigenvalue weighted by Gasteiger charge is -2.02. The Kier molecular flexibility index (Phi) is 3.87. The van der Waals surface area contributed by atoms with Crippen molar-refractivity contribution in [1.82, 2.24) is 19.4 Å². The molecule has 0 bridgehead atoms. The second-order valence-electron chi connectivity index (χ2n) is 5.32. The molecule has 0 aliphatic carbocycles. The fourth-order valence-electron chi connectivity index (χ4n) is 2.42. The number of nitrogens with zero attached hydrogens (tertiary/aromatic N) is 5. The summed E-state index contributed by atoms with van der Waals surface area (Å²) in [6, 6.07) is 16.7. The predicted octanol–water partition coefficient (Wildman–Crippen LogP) is 3.12. The molecule has 0 radical (unpaired) electrons. The monoisotopic (exact) mass is 349 g/mol. The molecule has 4 aromatic rings. The zero-order chi connectivity index (χ0) is 17.2. The largest absolute Gasteiger partial charge is 0.285 e. The van der Waals surface area contributed by atoms with Crippen molar-refractivity contribution >= 4 is 28.8 Å². The van der Waals surface area contributed by atoms with Gasteiger partial charge < -0.3 is 0 Å². The van der Waals surface area contributed by atoms with Crippen LogP contribution in [0.5, 0.6) is 0 Å². The van der Waals surface area contributed by atoms with Crippen molar-refractivity contribution in [2.75, 3.05) is 0 Å². The Hall–Kier alpha value is -3.25. The second-order valence-corrected chi connectivity index (χ2v) is 5.76. The number of para-hydroxylation sites is 1. The van der Waals surface area contributed by atoms with Gasteiger partial charge in [-0.25, -0.2) is 9.67 Å². The van der Waals surface area contributed by atoms with Gasteiger partial charge in [-0.1, -0.05) is 41.9 Å². The minimum Gasteiger partial charge on any atom is -0.266 e. The quantitative estimate of drug-likeness (QED) is 0.534. The van der Waals surface area contributed by atoms with Crippen LogP contribution in [0, 0.1) is 0 Å². The second kappa shape index (κ2) is 6.33. The Morgan fingerprint density at radius 1 is 1.04 bits per heavy atom. The Morgan fingerprint density at radius 3 is 2.56 bits per heavy atom. The lowest BCUT2D eigenvalue weighted by atomic mass is 10.2. The maximum absolute atomic E-state index is 12.6. The summed E-state index contributed by atoms with van der Waals surface area (Å²) in [5.41, 5.74) is 1.88. The maximum atomic E-state index is 12.6. The van der Waals surface area contributed by atoms with Crippen LogP contribution in [0.4, 0.5) is 0 Å². The van der Waals surface area contributed by atoms with Gasteiger partial charge in [0.1, 0.15) is 11.7 Å². The van der Waals surface area contributed by atoms with Gasteiger partial charge in [0, 0.05) is 5.02 Å². The molecule has 2 aromatic heterocycles. The van der Waals surface area contributed by atoms with Crippen LogP contribution in [0.15, 0.2) is 77.0 Å². The molecule has 0 N–H and O–H groups in total. The molecule has 0 spiro atoms. The first-order valence-electron chi connectivity index (χ1n) is 7.53. The van der Waals surface area contributed by atoms with Gasteiger partial charge in [0.2, 0.25) is 0 Å². The number of benzene rings is 2. The lowest BCUT2D eigenvalue weighted by molar-refractivity contribution is 0.809. The molecular weight excluding hydrogens is 338 g/mol. The molecule has 7 heteroatoms. The van der Waals surface area contributed by atoms with Crippen molar-refractivity contribution in [1.29, 1.82) is 0 Å². The standard InChI is InChI=1S/C18H12ClN5O/c19-14-8-6-13(7-9-14)10-21-23-12-20-17-16(18(23)25)11-22-24(17)15-4-2-1-3-5-15/h1-12H/b21-10-. The van der Waals surface area contributed by atoms with E-state index in [0.29, 0.717) is 16.1 Å². The average molecular weight is 350 g/mol. The zero-order valence-corrected chi connectivity index (χ0v) is 13.7. The van der Waals surface area contributed by atoms with E-state index < -0.39 is 0 Å². The maximum Gasteiger partial charge on any atom is 0.285 e. The van der Waals surface area contributed by atoms with Gasteiger partial charge in [0.25, 0.3) is 5.56 Å². The van der Waals surface area contributed by atoms with Crippen LogP contribution in [-0.4, -0.2) is 25.7 Å². The third kappa shape index (κ3) is 2.95. The molecule has 0 saturated heterocycles. The van der Waals surface area contributed by atoms with Crippen LogP contribution in [0.1, 0.15) is 5.56 Å². The van der Waals surface area contributed by atoms with Crippen molar-refractivity contribution in [2.24, 2.45) is 5.10 Å². The molecule has 0 atom stereocenters. The Labute approximate surface area is 147 Å². The van der Waals surface area contributed by atoms with Gasteiger partial charge in [0.05, 0.1) is 18.1 Å². The van der Waals surface area contributed by atoms with Crippen molar-refractivity contribution in [3.05, 3.63) is 88.1 Å². The molecule has 25 heavy (non-hydrogen) atoms. The lowest BCUT2D eigenvalue weighted by Crippen LogP contribution is -2.17. The normalized spacial score (nSPS) is 11.4. The van der Waals surface area contributed by atoms with Gasteiger partial charge in [0.15, 0.2) is 5.65 Å². The molecule has 0 aliphatic rings. The first-order chi connectivity index (χ1) is 12.2. The fraction of sp³-hybridized carbons (Fsp3) is 0. The van der Waals surface area contributed by atoms with E-state index in [0.717, 1.165) is 11.3 Å². The van der Waals surface area contributed by atoms with Crippen LogP contribution in [0.25, 0.3) is 16.7 Å². The smallest absolute Gasteiger partial charge is 0.266 e. The summed E-state index contributed by atoms with van der Waals surface area (Å²) in [5.74, 6) is 0. The highest BCUT2D eigenvalue weighted by molar-refractivity contribution is 6.30. The van der Waals surface area contributed by atoms with E-state index in [1.54, 1.807) is 23.0 Å². The summed E-state index contributed by atoms with van der Waals surface area (Å²) in [5, 5.41) is 9.49. The van der Waals surface area contributed by atoms with E-state index in [9.17, 15) is 4.79 Å². The van der Waals surface area contributed by atoms with E-state index in [1.807, 2.05) is 42.5 Å². The summed E-state index contributed by atoms with van der Waals surface area (Å²) < 4.78 is 2.82. The first-order valence-corrected chi connectivity index (χ1v) is 7.91. The Bertz CT molecular complexity index is 1110. The minimum absolute atomic E-state index is 0.280. The number of hydrogen-bond acceptors (Lipinski definition) is 4. The Morgan fingerprint density at radius 2 is 1.80 bits per heavy atom. The fourth-order valence-corrected chi connectivity index (χ4v) is 2.55. The van der Waals surface area contributed by atoms with Crippen molar-refractivity contribution in [3.63, 3.8) is 0 Å². The molecule has 2 aromatic carbocycles. The van der Waals surface area contributed by atoms with E-state index in [2.05, 4.69) is 15.2 Å². The molecule has 6 nitrogen and oxygen atoms in total. The van der Waals surface area contributed by atoms with Crippen LogP contribution < -0.4 is 5.56 Å². The summed E-state index contributed by atoms with van der Waals surface area (Å²) in [6.07, 6.45) is 4.47. The molecule has 0 unspecified atom stereocenters. The topological polar surface area (TPSA) is 65.1 Å². The number of aromatic nitrogens is 4. The Balaban J connectivity index is 1.74. The summed E-state index contributed by atoms with van der Waals surface area (Å²) in [6.45, 7) is 0. The molecule has 0 aliphatic heterocycles. The van der Waals surface area contributed by atoms with Gasteiger partial charge in [-0.3, -0.25) is 4.79 Å². The summed E-state index contributed by atoms with van der Waals surface area (Å²) in [4.78, 5) is 16.9. The number of fused-ring (bicyclic) bond motifs is 1. The van der Waals surface area contributed by atoms with Crippen LogP contribution >= 0.6 is 11.6 Å². The first kappa shape index (κ1) is 15.3. The van der Waals surface area contributed by atoms with Crippen LogP contribution in [0.2, 0.25) is 5.02 Å². The molecule has 0 fully saturated rings. The highest BCUT2D eigenvalue weighted by atomic mass is 35.5. The zero-order valence-electron chi connectivity index (χ0n) is 13.0. The van der Waals surface area contributed by atoms with Gasteiger partial charge in [-0.15, -0.1) is 0 Å². The van der Waals surface area contributed by atoms with E-state index >= 15 is 0 Å². The van der Waals surface area contributed by atoms with E-state index in [4.69, 9.17) is 11.6 Å². The third-order valence-corrected chi connectivity index (χ3v) is 3.93. The van der Waals surface area contributed by atoms with E-state index in [1.165, 1.54) is 17.2 Å². The molecule has 2 heterocycles. The molecular formula is C18H12ClN5O. The number of hydrogen-bond donors (Lipinski definition) is 0. The molecule has 0 saturated carbocycles. The highest BCUT2D eigenvalue weighted by Gasteiger charge is 2.10. The minimum atomic E-state index is -0.280. The van der Waals surface area contributed by atoms with Crippen molar-refractivity contribution in [2.45, 2.75) is 0 Å². The average Bonchev–Trinajstić information content (AvgIpc) is 3.08. The number of halogens is 1. The predicted molar refractivity (Wildman–Crippen MR) is 97.6 cm³/mol. The van der Waals surface area contributed by atoms with Crippen LogP contribution in [0.3, 0.4) is 0 Å².